The minimum Gasteiger partial charge on any atom is -0.361 e. The summed E-state index contributed by atoms with van der Waals surface area (Å²) in [4.78, 5) is 8.89. The van der Waals surface area contributed by atoms with Crippen LogP contribution in [0.25, 0.3) is 11.4 Å². The fourth-order valence-electron chi connectivity index (χ4n) is 1.75. The van der Waals surface area contributed by atoms with Crippen molar-refractivity contribution < 1.29 is 4.52 Å². The molecule has 0 atom stereocenters. The molecule has 0 radical (unpaired) electrons. The highest BCUT2D eigenvalue weighted by Gasteiger charge is 2.16. The van der Waals surface area contributed by atoms with Crippen molar-refractivity contribution in [2.45, 2.75) is 33.6 Å². The summed E-state index contributed by atoms with van der Waals surface area (Å²) < 4.78 is 5.14. The maximum Gasteiger partial charge on any atom is 0.167 e. The molecular weight excluding hydrogens is 230 g/mol. The van der Waals surface area contributed by atoms with Gasteiger partial charge in [0.2, 0.25) is 0 Å². The van der Waals surface area contributed by atoms with Crippen LogP contribution < -0.4 is 11.3 Å². The average Bonchev–Trinajstić information content (AvgIpc) is 2.68. The van der Waals surface area contributed by atoms with Crippen LogP contribution in [0.5, 0.6) is 0 Å². The summed E-state index contributed by atoms with van der Waals surface area (Å²) in [7, 11) is 0. The lowest BCUT2D eigenvalue weighted by Crippen LogP contribution is -2.11. The number of hydrazine groups is 1. The van der Waals surface area contributed by atoms with E-state index in [4.69, 9.17) is 10.4 Å². The van der Waals surface area contributed by atoms with Gasteiger partial charge in [-0.1, -0.05) is 19.0 Å². The van der Waals surface area contributed by atoms with Crippen molar-refractivity contribution in [2.75, 3.05) is 5.43 Å². The lowest BCUT2D eigenvalue weighted by atomic mass is 10.1. The van der Waals surface area contributed by atoms with Crippen LogP contribution in [0, 0.1) is 13.8 Å². The molecular formula is C12H17N5O. The molecule has 0 fully saturated rings. The number of rotatable bonds is 3. The van der Waals surface area contributed by atoms with Gasteiger partial charge < -0.3 is 9.95 Å². The molecule has 2 aromatic heterocycles. The Morgan fingerprint density at radius 2 is 2.00 bits per heavy atom. The molecule has 18 heavy (non-hydrogen) atoms. The second-order valence-corrected chi connectivity index (χ2v) is 4.50. The molecule has 0 saturated heterocycles. The van der Waals surface area contributed by atoms with Crippen LogP contribution in [0.4, 0.5) is 5.82 Å². The topological polar surface area (TPSA) is 89.9 Å². The van der Waals surface area contributed by atoms with Crippen molar-refractivity contribution >= 4 is 5.82 Å². The van der Waals surface area contributed by atoms with E-state index in [0.717, 1.165) is 17.0 Å². The van der Waals surface area contributed by atoms with Crippen molar-refractivity contribution in [3.8, 4) is 11.4 Å². The summed E-state index contributed by atoms with van der Waals surface area (Å²) in [6.45, 7) is 7.85. The lowest BCUT2D eigenvalue weighted by Gasteiger charge is -2.09. The zero-order chi connectivity index (χ0) is 13.3. The predicted octanol–water partition coefficient (Wildman–Crippen LogP) is 2.16. The molecule has 3 N–H and O–H groups in total. The van der Waals surface area contributed by atoms with Crippen molar-refractivity contribution in [2.24, 2.45) is 5.84 Å². The van der Waals surface area contributed by atoms with E-state index in [-0.39, 0.29) is 0 Å². The molecule has 6 heteroatoms. The van der Waals surface area contributed by atoms with Gasteiger partial charge in [-0.05, 0) is 19.8 Å². The van der Waals surface area contributed by atoms with E-state index in [1.165, 1.54) is 0 Å². The van der Waals surface area contributed by atoms with Gasteiger partial charge in [-0.15, -0.1) is 0 Å². The molecule has 0 aromatic carbocycles. The van der Waals surface area contributed by atoms with E-state index in [1.807, 2.05) is 19.9 Å². The largest absolute Gasteiger partial charge is 0.361 e. The second kappa shape index (κ2) is 4.73. The van der Waals surface area contributed by atoms with Gasteiger partial charge in [0.05, 0.1) is 11.3 Å². The van der Waals surface area contributed by atoms with Crippen molar-refractivity contribution in [3.63, 3.8) is 0 Å². The summed E-state index contributed by atoms with van der Waals surface area (Å²) in [6, 6.07) is 1.84. The smallest absolute Gasteiger partial charge is 0.167 e. The van der Waals surface area contributed by atoms with E-state index in [0.29, 0.717) is 23.3 Å². The normalized spacial score (nSPS) is 11.0. The fourth-order valence-corrected chi connectivity index (χ4v) is 1.75. The van der Waals surface area contributed by atoms with Crippen molar-refractivity contribution in [1.29, 1.82) is 0 Å². The number of hydrogen-bond donors (Lipinski definition) is 2. The molecule has 2 heterocycles. The van der Waals surface area contributed by atoms with Gasteiger partial charge in [0.1, 0.15) is 11.6 Å². The molecule has 0 bridgehead atoms. The summed E-state index contributed by atoms with van der Waals surface area (Å²) in [5, 5.41) is 3.92. The predicted molar refractivity (Wildman–Crippen MR) is 68.9 cm³/mol. The van der Waals surface area contributed by atoms with Crippen molar-refractivity contribution in [3.05, 3.63) is 23.2 Å². The van der Waals surface area contributed by atoms with Crippen LogP contribution in [0.3, 0.4) is 0 Å². The highest BCUT2D eigenvalue weighted by Crippen LogP contribution is 2.26. The number of nitrogen functional groups attached to an aromatic ring is 1. The highest BCUT2D eigenvalue weighted by atomic mass is 16.5. The number of nitrogens with zero attached hydrogens (tertiary/aromatic N) is 3. The maximum atomic E-state index is 5.44. The molecule has 0 amide bonds. The molecule has 0 spiro atoms. The van der Waals surface area contributed by atoms with Gasteiger partial charge in [-0.25, -0.2) is 15.8 Å². The molecule has 0 unspecified atom stereocenters. The Hall–Kier alpha value is -1.95. The van der Waals surface area contributed by atoms with Crippen LogP contribution in [0.15, 0.2) is 10.6 Å². The van der Waals surface area contributed by atoms with Gasteiger partial charge in [-0.3, -0.25) is 0 Å². The van der Waals surface area contributed by atoms with Crippen LogP contribution in [-0.2, 0) is 0 Å². The molecule has 2 aromatic rings. The Bertz CT molecular complexity index is 542. The number of aryl methyl sites for hydroxylation is 2. The Morgan fingerprint density at radius 3 is 2.50 bits per heavy atom. The molecule has 0 aliphatic heterocycles. The van der Waals surface area contributed by atoms with Crippen molar-refractivity contribution in [1.82, 2.24) is 15.1 Å². The molecule has 96 valence electrons. The standard InChI is InChI=1S/C12H17N5O/c1-6(2)9-5-10(16-13)15-12(14-9)11-7(3)17-18-8(11)4/h5-6H,13H2,1-4H3,(H,14,15,16). The SMILES string of the molecule is Cc1noc(C)c1-c1nc(NN)cc(C(C)C)n1. The first-order chi connectivity index (χ1) is 8.52. The molecule has 0 aliphatic rings. The minimum absolute atomic E-state index is 0.291. The molecule has 6 nitrogen and oxygen atoms in total. The Kier molecular flexibility index (Phi) is 3.29. The number of nitrogens with two attached hydrogens (primary N) is 1. The Labute approximate surface area is 106 Å². The van der Waals surface area contributed by atoms with Gasteiger partial charge >= 0.3 is 0 Å². The third kappa shape index (κ3) is 2.19. The Balaban J connectivity index is 2.60. The quantitative estimate of drug-likeness (QED) is 0.638. The van der Waals surface area contributed by atoms with Gasteiger partial charge in [0, 0.05) is 11.8 Å². The first-order valence-electron chi connectivity index (χ1n) is 5.81. The minimum atomic E-state index is 0.291. The molecule has 0 aliphatic carbocycles. The fraction of sp³-hybridized carbons (Fsp3) is 0.417. The van der Waals surface area contributed by atoms with Crippen LogP contribution in [0.1, 0.15) is 36.9 Å². The lowest BCUT2D eigenvalue weighted by molar-refractivity contribution is 0.393. The zero-order valence-electron chi connectivity index (χ0n) is 11.0. The number of hydrogen-bond acceptors (Lipinski definition) is 6. The van der Waals surface area contributed by atoms with Gasteiger partial charge in [0.25, 0.3) is 0 Å². The van der Waals surface area contributed by atoms with E-state index in [1.54, 1.807) is 0 Å². The first kappa shape index (κ1) is 12.5. The number of anilines is 1. The van der Waals surface area contributed by atoms with Crippen LogP contribution in [0.2, 0.25) is 0 Å². The number of nitrogens with one attached hydrogen (secondary N) is 1. The monoisotopic (exact) mass is 247 g/mol. The first-order valence-corrected chi connectivity index (χ1v) is 5.81. The van der Waals surface area contributed by atoms with Gasteiger partial charge in [-0.2, -0.15) is 0 Å². The number of aromatic nitrogens is 3. The van der Waals surface area contributed by atoms with Crippen LogP contribution in [-0.4, -0.2) is 15.1 Å². The maximum absolute atomic E-state index is 5.44. The molecule has 0 saturated carbocycles. The summed E-state index contributed by atoms with van der Waals surface area (Å²) in [6.07, 6.45) is 0. The third-order valence-electron chi connectivity index (χ3n) is 2.74. The highest BCUT2D eigenvalue weighted by molar-refractivity contribution is 5.62. The van der Waals surface area contributed by atoms with E-state index in [2.05, 4.69) is 34.4 Å². The zero-order valence-corrected chi connectivity index (χ0v) is 11.0. The molecule has 2 rings (SSSR count). The summed E-state index contributed by atoms with van der Waals surface area (Å²) in [5.41, 5.74) is 5.09. The van der Waals surface area contributed by atoms with E-state index in [9.17, 15) is 0 Å². The van der Waals surface area contributed by atoms with E-state index >= 15 is 0 Å². The van der Waals surface area contributed by atoms with Gasteiger partial charge in [0.15, 0.2) is 5.82 Å². The Morgan fingerprint density at radius 1 is 1.28 bits per heavy atom. The second-order valence-electron chi connectivity index (χ2n) is 4.50. The van der Waals surface area contributed by atoms with E-state index < -0.39 is 0 Å². The summed E-state index contributed by atoms with van der Waals surface area (Å²) >= 11 is 0. The third-order valence-corrected chi connectivity index (χ3v) is 2.74. The average molecular weight is 247 g/mol. The van der Waals surface area contributed by atoms with Crippen LogP contribution >= 0.6 is 0 Å². The summed E-state index contributed by atoms with van der Waals surface area (Å²) in [5.74, 6) is 7.61.